The summed E-state index contributed by atoms with van der Waals surface area (Å²) in [5, 5.41) is 14.5. The third kappa shape index (κ3) is 5.77. The lowest BCUT2D eigenvalue weighted by Crippen LogP contribution is -2.26. The van der Waals surface area contributed by atoms with E-state index in [0.29, 0.717) is 18.9 Å². The highest BCUT2D eigenvalue weighted by molar-refractivity contribution is 5.80. The molecule has 0 radical (unpaired) electrons. The van der Waals surface area contributed by atoms with Gasteiger partial charge in [-0.3, -0.25) is 9.13 Å². The number of benzene rings is 3. The molecular formula is C30H32N6O. The van der Waals surface area contributed by atoms with E-state index in [1.54, 1.807) is 0 Å². The Hall–Kier alpha value is -4.26. The van der Waals surface area contributed by atoms with E-state index in [-0.39, 0.29) is 5.69 Å². The second-order valence-electron chi connectivity index (χ2n) is 9.35. The van der Waals surface area contributed by atoms with E-state index < -0.39 is 0 Å². The quantitative estimate of drug-likeness (QED) is 0.246. The molecule has 2 aromatic heterocycles. The van der Waals surface area contributed by atoms with Crippen LogP contribution in [0.1, 0.15) is 43.0 Å². The van der Waals surface area contributed by atoms with Gasteiger partial charge in [0.25, 0.3) is 0 Å². The minimum atomic E-state index is 0.0639. The van der Waals surface area contributed by atoms with Crippen molar-refractivity contribution in [2.24, 2.45) is 0 Å². The molecule has 7 nitrogen and oxygen atoms in total. The van der Waals surface area contributed by atoms with Crippen LogP contribution in [0, 0.1) is 0 Å². The molecule has 0 amide bonds. The second-order valence-corrected chi connectivity index (χ2v) is 9.35. The average Bonchev–Trinajstić information content (AvgIpc) is 3.58. The summed E-state index contributed by atoms with van der Waals surface area (Å²) in [6.45, 7) is 3.45. The van der Waals surface area contributed by atoms with Crippen molar-refractivity contribution in [3.63, 3.8) is 0 Å². The van der Waals surface area contributed by atoms with Crippen molar-refractivity contribution in [2.45, 2.75) is 52.1 Å². The zero-order valence-corrected chi connectivity index (χ0v) is 21.2. The number of hydrogen-bond acceptors (Lipinski definition) is 4. The predicted octanol–water partition coefficient (Wildman–Crippen LogP) is 5.52. The first-order chi connectivity index (χ1) is 18.2. The molecule has 0 fully saturated rings. The smallest absolute Gasteiger partial charge is 0.299 e. The number of nitrogens with zero attached hydrogens (tertiary/aromatic N) is 5. The number of unbranched alkanes of at least 4 members (excludes halogenated alkanes) is 2. The second kappa shape index (κ2) is 11.6. The minimum absolute atomic E-state index is 0.0639. The first kappa shape index (κ1) is 24.4. The number of imidazole rings is 1. The summed E-state index contributed by atoms with van der Waals surface area (Å²) in [5.41, 5.74) is 6.55. The van der Waals surface area contributed by atoms with Crippen molar-refractivity contribution in [1.82, 2.24) is 29.8 Å². The summed E-state index contributed by atoms with van der Waals surface area (Å²) in [4.78, 5) is 13.4. The average molecular weight is 493 g/mol. The van der Waals surface area contributed by atoms with Crippen LogP contribution in [0.3, 0.4) is 0 Å². The number of aryl methyl sites for hydroxylation is 3. The Morgan fingerprint density at radius 3 is 2.30 bits per heavy atom. The zero-order valence-electron chi connectivity index (χ0n) is 21.2. The molecule has 188 valence electrons. The van der Waals surface area contributed by atoms with Gasteiger partial charge < -0.3 is 0 Å². The van der Waals surface area contributed by atoms with Gasteiger partial charge in [0.2, 0.25) is 5.82 Å². The molecule has 5 aromatic rings. The monoisotopic (exact) mass is 492 g/mol. The summed E-state index contributed by atoms with van der Waals surface area (Å²) < 4.78 is 3.83. The highest BCUT2D eigenvalue weighted by Crippen LogP contribution is 2.29. The third-order valence-electron chi connectivity index (χ3n) is 6.77. The van der Waals surface area contributed by atoms with Crippen LogP contribution >= 0.6 is 0 Å². The number of aromatic amines is 1. The van der Waals surface area contributed by atoms with Gasteiger partial charge in [-0.15, -0.1) is 10.2 Å². The van der Waals surface area contributed by atoms with Crippen LogP contribution in [0.15, 0.2) is 89.9 Å². The van der Waals surface area contributed by atoms with Gasteiger partial charge in [-0.25, -0.2) is 4.79 Å². The topological polar surface area (TPSA) is 81.4 Å². The number of tetrazole rings is 1. The summed E-state index contributed by atoms with van der Waals surface area (Å²) in [6.07, 6.45) is 7.23. The largest absolute Gasteiger partial charge is 0.328 e. The van der Waals surface area contributed by atoms with Crippen LogP contribution in [-0.4, -0.2) is 29.8 Å². The maximum atomic E-state index is 13.4. The lowest BCUT2D eigenvalue weighted by Gasteiger charge is -2.10. The molecule has 0 aliphatic rings. The van der Waals surface area contributed by atoms with Crippen molar-refractivity contribution >= 4 is 0 Å². The van der Waals surface area contributed by atoms with Gasteiger partial charge >= 0.3 is 5.69 Å². The van der Waals surface area contributed by atoms with Crippen LogP contribution in [-0.2, 0) is 25.9 Å². The van der Waals surface area contributed by atoms with Gasteiger partial charge in [0.05, 0.1) is 6.54 Å². The molecule has 1 N–H and O–H groups in total. The third-order valence-corrected chi connectivity index (χ3v) is 6.77. The van der Waals surface area contributed by atoms with E-state index in [0.717, 1.165) is 60.1 Å². The Labute approximate surface area is 216 Å². The molecule has 37 heavy (non-hydrogen) atoms. The molecule has 0 atom stereocenters. The first-order valence-corrected chi connectivity index (χ1v) is 13.0. The number of hydrogen-bond donors (Lipinski definition) is 1. The number of nitrogens with one attached hydrogen (secondary N) is 1. The number of H-pyrrole nitrogens is 1. The molecule has 0 bridgehead atoms. The fraction of sp³-hybridized carbons (Fsp3) is 0.267. The normalized spacial score (nSPS) is 11.2. The van der Waals surface area contributed by atoms with Crippen molar-refractivity contribution in [1.29, 1.82) is 0 Å². The summed E-state index contributed by atoms with van der Waals surface area (Å²) >= 11 is 0. The lowest BCUT2D eigenvalue weighted by atomic mass is 9.98. The number of rotatable bonds is 11. The van der Waals surface area contributed by atoms with E-state index in [9.17, 15) is 4.79 Å². The maximum absolute atomic E-state index is 13.4. The minimum Gasteiger partial charge on any atom is -0.299 e. The molecule has 2 heterocycles. The van der Waals surface area contributed by atoms with Gasteiger partial charge in [-0.05, 0) is 46.7 Å². The van der Waals surface area contributed by atoms with E-state index in [1.807, 2.05) is 45.5 Å². The molecule has 5 rings (SSSR count). The number of aromatic nitrogens is 6. The van der Waals surface area contributed by atoms with Gasteiger partial charge in [-0.1, -0.05) is 98.6 Å². The summed E-state index contributed by atoms with van der Waals surface area (Å²) in [6, 6.07) is 26.8. The van der Waals surface area contributed by atoms with Crippen LogP contribution < -0.4 is 5.69 Å². The molecule has 7 heteroatoms. The molecule has 0 saturated heterocycles. The maximum Gasteiger partial charge on any atom is 0.328 e. The Kier molecular flexibility index (Phi) is 7.69. The Morgan fingerprint density at radius 1 is 0.811 bits per heavy atom. The Morgan fingerprint density at radius 2 is 1.57 bits per heavy atom. The molecular weight excluding hydrogens is 460 g/mol. The highest BCUT2D eigenvalue weighted by atomic mass is 16.1. The van der Waals surface area contributed by atoms with Gasteiger partial charge in [0.1, 0.15) is 0 Å². The van der Waals surface area contributed by atoms with E-state index >= 15 is 0 Å². The van der Waals surface area contributed by atoms with Crippen molar-refractivity contribution < 1.29 is 0 Å². The van der Waals surface area contributed by atoms with Crippen LogP contribution in [0.5, 0.6) is 0 Å². The van der Waals surface area contributed by atoms with Crippen LogP contribution in [0.25, 0.3) is 22.5 Å². The SMILES string of the molecule is CCCCCc1cn(CCc2ccccc2)c(=O)n1Cc1ccc(-c2ccccc2-c2nn[nH]n2)cc1. The van der Waals surface area contributed by atoms with Crippen molar-refractivity contribution in [3.05, 3.63) is 112 Å². The van der Waals surface area contributed by atoms with Crippen LogP contribution in [0.4, 0.5) is 0 Å². The summed E-state index contributed by atoms with van der Waals surface area (Å²) in [7, 11) is 0. The van der Waals surface area contributed by atoms with Gasteiger partial charge in [-0.2, -0.15) is 5.21 Å². The van der Waals surface area contributed by atoms with E-state index in [4.69, 9.17) is 0 Å². The highest BCUT2D eigenvalue weighted by Gasteiger charge is 2.14. The first-order valence-electron chi connectivity index (χ1n) is 13.0. The molecule has 0 unspecified atom stereocenters. The predicted molar refractivity (Wildman–Crippen MR) is 146 cm³/mol. The Balaban J connectivity index is 1.38. The molecule has 0 saturated carbocycles. The fourth-order valence-corrected chi connectivity index (χ4v) is 4.74. The molecule has 3 aromatic carbocycles. The van der Waals surface area contributed by atoms with Crippen LogP contribution in [0.2, 0.25) is 0 Å². The van der Waals surface area contributed by atoms with E-state index in [2.05, 4.69) is 76.2 Å². The molecule has 0 aliphatic heterocycles. The van der Waals surface area contributed by atoms with Gasteiger partial charge in [0.15, 0.2) is 0 Å². The van der Waals surface area contributed by atoms with Crippen molar-refractivity contribution in [2.75, 3.05) is 0 Å². The molecule has 0 spiro atoms. The van der Waals surface area contributed by atoms with E-state index in [1.165, 1.54) is 5.56 Å². The summed E-state index contributed by atoms with van der Waals surface area (Å²) in [5.74, 6) is 0.569. The fourth-order valence-electron chi connectivity index (χ4n) is 4.74. The van der Waals surface area contributed by atoms with Crippen molar-refractivity contribution in [3.8, 4) is 22.5 Å². The zero-order chi connectivity index (χ0) is 25.5. The lowest BCUT2D eigenvalue weighted by molar-refractivity contribution is 0.622. The Bertz CT molecular complexity index is 1470. The van der Waals surface area contributed by atoms with Gasteiger partial charge in [0, 0.05) is 24.0 Å². The standard InChI is InChI=1S/C30H32N6O/c1-2-3-5-12-26-22-35(20-19-23-10-6-4-7-11-23)30(37)36(26)21-24-15-17-25(18-16-24)27-13-8-9-14-28(27)29-31-33-34-32-29/h4,6-11,13-18,22H,2-3,5,12,19-21H2,1H3,(H,31,32,33,34). The molecule has 0 aliphatic carbocycles.